The Bertz CT molecular complexity index is 1530. The van der Waals surface area contributed by atoms with Gasteiger partial charge in [-0.3, -0.25) is 9.69 Å². The lowest BCUT2D eigenvalue weighted by atomic mass is 9.92. The van der Waals surface area contributed by atoms with Crippen molar-refractivity contribution in [1.82, 2.24) is 24.4 Å². The molecule has 2 aromatic carbocycles. The molecule has 0 radical (unpaired) electrons. The van der Waals surface area contributed by atoms with Crippen LogP contribution in [0.25, 0.3) is 22.2 Å². The highest BCUT2D eigenvalue weighted by Gasteiger charge is 2.38. The van der Waals surface area contributed by atoms with Gasteiger partial charge in [0.1, 0.15) is 17.9 Å². The van der Waals surface area contributed by atoms with Crippen LogP contribution in [-0.4, -0.2) is 55.5 Å². The number of aliphatic hydroxyl groups is 1. The van der Waals surface area contributed by atoms with Crippen LogP contribution in [0.3, 0.4) is 0 Å². The van der Waals surface area contributed by atoms with Crippen molar-refractivity contribution in [3.8, 4) is 23.0 Å². The van der Waals surface area contributed by atoms with E-state index in [1.165, 1.54) is 0 Å². The normalized spacial score (nSPS) is 17.1. The number of nitrogens with zero attached hydrogens (tertiary/aromatic N) is 5. The van der Waals surface area contributed by atoms with Gasteiger partial charge in [0.15, 0.2) is 0 Å². The quantitative estimate of drug-likeness (QED) is 0.313. The van der Waals surface area contributed by atoms with Crippen molar-refractivity contribution in [3.63, 3.8) is 0 Å². The van der Waals surface area contributed by atoms with Crippen LogP contribution >= 0.6 is 0 Å². The van der Waals surface area contributed by atoms with E-state index >= 15 is 0 Å². The number of rotatable bonds is 6. The predicted octanol–water partition coefficient (Wildman–Crippen LogP) is 4.59. The molecule has 0 spiro atoms. The zero-order valence-corrected chi connectivity index (χ0v) is 21.9. The van der Waals surface area contributed by atoms with Gasteiger partial charge in [0, 0.05) is 41.1 Å². The minimum atomic E-state index is -0.866. The Balaban J connectivity index is 1.66. The molecule has 0 amide bonds. The summed E-state index contributed by atoms with van der Waals surface area (Å²) in [5.41, 5.74) is 5.38. The number of carbonyl (C=O) groups excluding carboxylic acids is 1. The molecule has 2 atom stereocenters. The highest BCUT2D eigenvalue weighted by Crippen LogP contribution is 2.45. The molecule has 2 aromatic heterocycles. The third kappa shape index (κ3) is 4.66. The molecule has 0 fully saturated rings. The van der Waals surface area contributed by atoms with Crippen LogP contribution in [0.4, 0.5) is 0 Å². The molecule has 0 aliphatic carbocycles. The van der Waals surface area contributed by atoms with Crippen molar-refractivity contribution >= 4 is 17.3 Å². The average molecular weight is 494 g/mol. The van der Waals surface area contributed by atoms with Crippen molar-refractivity contribution < 1.29 is 9.90 Å². The maximum Gasteiger partial charge on any atom is 0.150 e. The maximum atomic E-state index is 12.1. The number of carbonyl (C=O) groups is 1. The van der Waals surface area contributed by atoms with Crippen molar-refractivity contribution in [2.75, 3.05) is 14.1 Å². The summed E-state index contributed by atoms with van der Waals surface area (Å²) < 4.78 is 2.27. The second-order valence-electron chi connectivity index (χ2n) is 10.5. The first-order chi connectivity index (χ1) is 17.7. The number of aldehydes is 1. The Kier molecular flexibility index (Phi) is 6.40. The van der Waals surface area contributed by atoms with Gasteiger partial charge in [0.05, 0.1) is 28.7 Å². The Morgan fingerprint density at radius 1 is 1.16 bits per heavy atom. The summed E-state index contributed by atoms with van der Waals surface area (Å²) in [5.74, 6) is 7.80. The van der Waals surface area contributed by atoms with Crippen LogP contribution in [0, 0.1) is 11.8 Å². The Hall–Kier alpha value is -3.86. The molecule has 7 nitrogen and oxygen atoms in total. The van der Waals surface area contributed by atoms with Gasteiger partial charge < -0.3 is 9.67 Å². The van der Waals surface area contributed by atoms with E-state index in [0.29, 0.717) is 17.8 Å². The second-order valence-corrected chi connectivity index (χ2v) is 10.5. The van der Waals surface area contributed by atoms with Crippen LogP contribution in [0.1, 0.15) is 72.4 Å². The van der Waals surface area contributed by atoms with E-state index in [1.54, 1.807) is 26.2 Å². The molecule has 1 aliphatic rings. The fourth-order valence-electron chi connectivity index (χ4n) is 5.25. The van der Waals surface area contributed by atoms with Crippen LogP contribution < -0.4 is 0 Å². The van der Waals surface area contributed by atoms with E-state index < -0.39 is 5.60 Å². The lowest BCUT2D eigenvalue weighted by molar-refractivity contribution is 0.0788. The molecular weight excluding hydrogens is 462 g/mol. The fourth-order valence-corrected chi connectivity index (χ4v) is 5.25. The number of aromatic nitrogens is 4. The van der Waals surface area contributed by atoms with E-state index in [2.05, 4.69) is 51.4 Å². The minimum absolute atomic E-state index is 0.0784. The largest absolute Gasteiger partial charge is 0.390 e. The number of hydrogen-bond donors (Lipinski definition) is 1. The highest BCUT2D eigenvalue weighted by molar-refractivity contribution is 5.84. The lowest BCUT2D eigenvalue weighted by Crippen LogP contribution is -2.23. The maximum absolute atomic E-state index is 12.1. The number of hydrogen-bond acceptors (Lipinski definition) is 6. The van der Waals surface area contributed by atoms with Gasteiger partial charge >= 0.3 is 0 Å². The summed E-state index contributed by atoms with van der Waals surface area (Å²) in [6.45, 7) is 5.31. The van der Waals surface area contributed by atoms with Crippen molar-refractivity contribution in [2.45, 2.75) is 51.3 Å². The van der Waals surface area contributed by atoms with Crippen LogP contribution in [0.15, 0.2) is 48.8 Å². The summed E-state index contributed by atoms with van der Waals surface area (Å²) in [7, 11) is 4.13. The van der Waals surface area contributed by atoms with E-state index in [1.807, 2.05) is 37.3 Å². The molecule has 7 heteroatoms. The molecule has 3 heterocycles. The minimum Gasteiger partial charge on any atom is -0.390 e. The first-order valence-corrected chi connectivity index (χ1v) is 12.4. The molecule has 4 aromatic rings. The average Bonchev–Trinajstić information content (AvgIpc) is 3.40. The smallest absolute Gasteiger partial charge is 0.150 e. The van der Waals surface area contributed by atoms with Crippen LogP contribution in [0.2, 0.25) is 0 Å². The summed E-state index contributed by atoms with van der Waals surface area (Å²) in [6, 6.07) is 12.0. The third-order valence-electron chi connectivity index (χ3n) is 6.89. The van der Waals surface area contributed by atoms with Gasteiger partial charge in [0.2, 0.25) is 0 Å². The molecular formula is C30H31N5O2. The number of fused-ring (bicyclic) bond motifs is 3. The Morgan fingerprint density at radius 2 is 1.92 bits per heavy atom. The molecule has 0 saturated carbocycles. The topological polar surface area (TPSA) is 84.1 Å². The molecule has 37 heavy (non-hydrogen) atoms. The Morgan fingerprint density at radius 3 is 2.57 bits per heavy atom. The van der Waals surface area contributed by atoms with Gasteiger partial charge in [0.25, 0.3) is 0 Å². The molecule has 1 N–H and O–H groups in total. The summed E-state index contributed by atoms with van der Waals surface area (Å²) >= 11 is 0. The Labute approximate surface area is 217 Å². The standard InChI is InChI=1S/C30H31N5O2/c1-6-8-19-9-7-10-21(18-36)28(19)25-14-26(34(4)5)29-33-23-12-11-20(13-24(23)35(25)29)22-16-31-27(32-17-22)15-30(2,3)37/h7,9-13,16-18,25-26,37H,14-15H2,1-5H3/t25-,26?/m0/s1. The molecule has 5 rings (SSSR count). The zero-order valence-electron chi connectivity index (χ0n) is 21.9. The van der Waals surface area contributed by atoms with Crippen LogP contribution in [-0.2, 0) is 6.42 Å². The van der Waals surface area contributed by atoms with E-state index in [-0.39, 0.29) is 12.1 Å². The second kappa shape index (κ2) is 9.55. The van der Waals surface area contributed by atoms with E-state index in [0.717, 1.165) is 51.8 Å². The first-order valence-electron chi connectivity index (χ1n) is 12.4. The van der Waals surface area contributed by atoms with Crippen molar-refractivity contribution in [1.29, 1.82) is 0 Å². The van der Waals surface area contributed by atoms with Crippen LogP contribution in [0.5, 0.6) is 0 Å². The summed E-state index contributed by atoms with van der Waals surface area (Å²) in [6.07, 6.45) is 5.71. The molecule has 0 bridgehead atoms. The molecule has 1 unspecified atom stereocenters. The summed E-state index contributed by atoms with van der Waals surface area (Å²) in [4.78, 5) is 28.3. The highest BCUT2D eigenvalue weighted by atomic mass is 16.3. The van der Waals surface area contributed by atoms with E-state index in [4.69, 9.17) is 4.98 Å². The predicted molar refractivity (Wildman–Crippen MR) is 144 cm³/mol. The van der Waals surface area contributed by atoms with Gasteiger partial charge in [-0.1, -0.05) is 24.1 Å². The van der Waals surface area contributed by atoms with E-state index in [9.17, 15) is 9.90 Å². The number of imidazole rings is 1. The molecule has 1 aliphatic heterocycles. The molecule has 188 valence electrons. The van der Waals surface area contributed by atoms with Crippen molar-refractivity contribution in [2.24, 2.45) is 0 Å². The van der Waals surface area contributed by atoms with Gasteiger partial charge in [-0.05, 0) is 65.0 Å². The SMILES string of the molecule is CC#Cc1cccc(C=O)c1[C@@H]1CC(N(C)C)c2nc3ccc(-c4cnc(CC(C)(C)O)nc4)cc3n21. The monoisotopic (exact) mass is 493 g/mol. The van der Waals surface area contributed by atoms with Gasteiger partial charge in [-0.15, -0.1) is 5.92 Å². The zero-order chi connectivity index (χ0) is 26.3. The summed E-state index contributed by atoms with van der Waals surface area (Å²) in [5, 5.41) is 10.1. The van der Waals surface area contributed by atoms with Gasteiger partial charge in [-0.2, -0.15) is 0 Å². The fraction of sp³-hybridized carbons (Fsp3) is 0.333. The first kappa shape index (κ1) is 24.8. The number of benzene rings is 2. The molecule has 0 saturated heterocycles. The lowest BCUT2D eigenvalue weighted by Gasteiger charge is -2.21. The van der Waals surface area contributed by atoms with Crippen molar-refractivity contribution in [3.05, 3.63) is 77.1 Å². The van der Waals surface area contributed by atoms with Gasteiger partial charge in [-0.25, -0.2) is 15.0 Å². The third-order valence-corrected chi connectivity index (χ3v) is 6.89.